The van der Waals surface area contributed by atoms with Crippen LogP contribution in [0, 0.1) is 6.92 Å². The summed E-state index contributed by atoms with van der Waals surface area (Å²) in [6, 6.07) is 15.9. The van der Waals surface area contributed by atoms with Gasteiger partial charge < -0.3 is 19.9 Å². The Kier molecular flexibility index (Phi) is 7.26. The third-order valence-electron chi connectivity index (χ3n) is 7.73. The molecular weight excluding hydrogens is 537 g/mol. The number of hydrogen-bond donors (Lipinski definition) is 2. The van der Waals surface area contributed by atoms with Crippen LogP contribution in [0.3, 0.4) is 0 Å². The number of carbonyl (C=O) groups is 2. The number of aliphatic hydroxyl groups is 1. The van der Waals surface area contributed by atoms with E-state index in [0.717, 1.165) is 22.5 Å². The van der Waals surface area contributed by atoms with Crippen LogP contribution in [-0.4, -0.2) is 71.2 Å². The van der Waals surface area contributed by atoms with Gasteiger partial charge in [-0.3, -0.25) is 9.59 Å². The number of aliphatic hydroxyl groups excluding tert-OH is 1. The Morgan fingerprint density at radius 3 is 2.67 bits per heavy atom. The number of nitrogens with one attached hydrogen (secondary N) is 1. The van der Waals surface area contributed by atoms with Crippen LogP contribution in [0.25, 0.3) is 27.7 Å². The Balaban J connectivity index is 1.25. The largest absolute Gasteiger partial charge is 0.372 e. The molecule has 0 radical (unpaired) electrons. The van der Waals surface area contributed by atoms with Crippen molar-refractivity contribution in [1.82, 2.24) is 29.4 Å². The number of aromatic nitrogens is 5. The van der Waals surface area contributed by atoms with Crippen molar-refractivity contribution in [3.8, 4) is 16.8 Å². The van der Waals surface area contributed by atoms with Crippen LogP contribution in [0.15, 0.2) is 79.4 Å². The number of para-hydroxylation sites is 2. The van der Waals surface area contributed by atoms with Crippen LogP contribution >= 0.6 is 0 Å². The first-order chi connectivity index (χ1) is 20.3. The van der Waals surface area contributed by atoms with Crippen molar-refractivity contribution in [2.45, 2.75) is 45.3 Å². The van der Waals surface area contributed by atoms with Crippen LogP contribution in [0.5, 0.6) is 0 Å². The van der Waals surface area contributed by atoms with E-state index in [1.54, 1.807) is 40.1 Å². The third kappa shape index (κ3) is 5.14. The van der Waals surface area contributed by atoms with E-state index in [0.29, 0.717) is 22.2 Å². The number of likely N-dealkylation sites (tertiary alicyclic amines) is 1. The first-order valence-corrected chi connectivity index (χ1v) is 13.7. The number of ketones is 1. The van der Waals surface area contributed by atoms with Crippen molar-refractivity contribution in [2.24, 2.45) is 0 Å². The van der Waals surface area contributed by atoms with Crippen molar-refractivity contribution in [2.75, 3.05) is 11.9 Å². The first-order valence-electron chi connectivity index (χ1n) is 13.7. The van der Waals surface area contributed by atoms with Crippen molar-refractivity contribution in [3.05, 3.63) is 90.6 Å². The molecule has 1 aliphatic heterocycles. The van der Waals surface area contributed by atoms with Gasteiger partial charge in [-0.15, -0.1) is 0 Å². The number of benzene rings is 2. The van der Waals surface area contributed by atoms with Crippen LogP contribution in [-0.2, 0) is 11.3 Å². The molecule has 214 valence electrons. The Morgan fingerprint density at radius 2 is 1.93 bits per heavy atom. The number of aryl methyl sites for hydroxylation is 1. The standard InChI is InChI=1S/C31H30FN7O3/c1-19-9-12-35-39(19)28-6-4-3-5-26(28)36-31(42)29-14-23(32)16-38(29)30(41)18-37-17-25(20(2)40)24-13-21(7-8-27(24)37)22-10-11-33-34-15-22/h3-13,15,17,23,29,31,36,42H,14,16,18H2,1-2H3/t23-,29+,31?/m1/s1. The minimum Gasteiger partial charge on any atom is -0.372 e. The zero-order valence-corrected chi connectivity index (χ0v) is 23.2. The van der Waals surface area contributed by atoms with Gasteiger partial charge in [-0.1, -0.05) is 18.2 Å². The number of hydrogen-bond acceptors (Lipinski definition) is 7. The number of nitrogens with zero attached hydrogens (tertiary/aromatic N) is 6. The highest BCUT2D eigenvalue weighted by Gasteiger charge is 2.40. The summed E-state index contributed by atoms with van der Waals surface area (Å²) in [6.45, 7) is 3.17. The van der Waals surface area contributed by atoms with Crippen LogP contribution < -0.4 is 5.32 Å². The molecule has 0 aliphatic carbocycles. The Morgan fingerprint density at radius 1 is 1.10 bits per heavy atom. The fourth-order valence-electron chi connectivity index (χ4n) is 5.64. The van der Waals surface area contributed by atoms with E-state index in [1.807, 2.05) is 55.5 Å². The second kappa shape index (κ2) is 11.2. The lowest BCUT2D eigenvalue weighted by molar-refractivity contribution is -0.134. The fourth-order valence-corrected chi connectivity index (χ4v) is 5.64. The van der Waals surface area contributed by atoms with E-state index in [2.05, 4.69) is 20.6 Å². The molecule has 1 amide bonds. The molecule has 3 aromatic heterocycles. The predicted octanol–water partition coefficient (Wildman–Crippen LogP) is 4.16. The Bertz CT molecular complexity index is 1770. The molecule has 1 saturated heterocycles. The summed E-state index contributed by atoms with van der Waals surface area (Å²) in [5.74, 6) is -0.489. The van der Waals surface area contributed by atoms with Crippen molar-refractivity contribution in [3.63, 3.8) is 0 Å². The van der Waals surface area contributed by atoms with Crippen LogP contribution in [0.1, 0.15) is 29.4 Å². The van der Waals surface area contributed by atoms with Gasteiger partial charge in [0.2, 0.25) is 5.91 Å². The van der Waals surface area contributed by atoms with Gasteiger partial charge in [-0.25, -0.2) is 9.07 Å². The van der Waals surface area contributed by atoms with Gasteiger partial charge in [0.1, 0.15) is 18.9 Å². The number of alkyl halides is 1. The molecule has 2 N–H and O–H groups in total. The second-order valence-corrected chi connectivity index (χ2v) is 10.5. The molecule has 6 rings (SSSR count). The summed E-state index contributed by atoms with van der Waals surface area (Å²) < 4.78 is 18.2. The number of Topliss-reactive ketones (excluding diaryl/α,β-unsaturated/α-hetero) is 1. The summed E-state index contributed by atoms with van der Waals surface area (Å²) >= 11 is 0. The van der Waals surface area contributed by atoms with E-state index >= 15 is 0 Å². The second-order valence-electron chi connectivity index (χ2n) is 10.5. The molecule has 1 aliphatic rings. The third-order valence-corrected chi connectivity index (χ3v) is 7.73. The minimum absolute atomic E-state index is 0.00266. The van der Waals surface area contributed by atoms with Gasteiger partial charge in [0.05, 0.1) is 36.4 Å². The summed E-state index contributed by atoms with van der Waals surface area (Å²) in [7, 11) is 0. The number of halogens is 1. The molecule has 0 spiro atoms. The monoisotopic (exact) mass is 567 g/mol. The highest BCUT2D eigenvalue weighted by atomic mass is 19.1. The average Bonchev–Trinajstić information content (AvgIpc) is 3.70. The van der Waals surface area contributed by atoms with Crippen molar-refractivity contribution < 1.29 is 19.1 Å². The number of fused-ring (bicyclic) bond motifs is 1. The van der Waals surface area contributed by atoms with Gasteiger partial charge in [0, 0.05) is 46.5 Å². The maximum Gasteiger partial charge on any atom is 0.243 e. The summed E-state index contributed by atoms with van der Waals surface area (Å²) in [4.78, 5) is 27.5. The number of rotatable bonds is 8. The fraction of sp³-hybridized carbons (Fsp3) is 0.258. The maximum atomic E-state index is 14.7. The van der Waals surface area contributed by atoms with Crippen LogP contribution in [0.4, 0.5) is 10.1 Å². The summed E-state index contributed by atoms with van der Waals surface area (Å²) in [6.07, 6.45) is 4.09. The van der Waals surface area contributed by atoms with Gasteiger partial charge >= 0.3 is 0 Å². The van der Waals surface area contributed by atoms with E-state index in [-0.39, 0.29) is 31.2 Å². The lowest BCUT2D eigenvalue weighted by Gasteiger charge is -2.30. The van der Waals surface area contributed by atoms with E-state index in [4.69, 9.17) is 0 Å². The van der Waals surface area contributed by atoms with E-state index in [9.17, 15) is 19.1 Å². The average molecular weight is 568 g/mol. The Hall–Kier alpha value is -4.90. The molecule has 4 heterocycles. The Labute approximate surface area is 241 Å². The number of anilines is 1. The molecule has 42 heavy (non-hydrogen) atoms. The van der Waals surface area contributed by atoms with Gasteiger partial charge in [-0.05, 0) is 55.8 Å². The predicted molar refractivity (Wildman–Crippen MR) is 156 cm³/mol. The minimum atomic E-state index is -1.27. The van der Waals surface area contributed by atoms with Crippen LogP contribution in [0.2, 0.25) is 0 Å². The molecule has 5 aromatic rings. The number of carbonyl (C=O) groups excluding carboxylic acids is 2. The molecule has 11 heteroatoms. The molecular formula is C31H30FN7O3. The smallest absolute Gasteiger partial charge is 0.243 e. The lowest BCUT2D eigenvalue weighted by atomic mass is 10.0. The molecule has 2 aromatic carbocycles. The molecule has 3 atom stereocenters. The lowest BCUT2D eigenvalue weighted by Crippen LogP contribution is -2.47. The highest BCUT2D eigenvalue weighted by Crippen LogP contribution is 2.30. The summed E-state index contributed by atoms with van der Waals surface area (Å²) in [5.41, 5.74) is 5.14. The topological polar surface area (TPSA) is 118 Å². The van der Waals surface area contributed by atoms with Gasteiger partial charge in [-0.2, -0.15) is 15.3 Å². The van der Waals surface area contributed by atoms with Crippen molar-refractivity contribution >= 4 is 28.3 Å². The van der Waals surface area contributed by atoms with E-state index in [1.165, 1.54) is 11.8 Å². The van der Waals surface area contributed by atoms with E-state index < -0.39 is 18.4 Å². The molecule has 10 nitrogen and oxygen atoms in total. The zero-order chi connectivity index (χ0) is 29.4. The highest BCUT2D eigenvalue weighted by molar-refractivity contribution is 6.08. The molecule has 1 fully saturated rings. The maximum absolute atomic E-state index is 14.7. The van der Waals surface area contributed by atoms with Gasteiger partial charge in [0.25, 0.3) is 0 Å². The summed E-state index contributed by atoms with van der Waals surface area (Å²) in [5, 5.41) is 27.1. The SMILES string of the molecule is CC(=O)c1cn(CC(=O)N2C[C@H](F)C[C@H]2C(O)Nc2ccccc2-n2nccc2C)c2ccc(-c3ccnnc3)cc12. The first kappa shape index (κ1) is 27.3. The zero-order valence-electron chi connectivity index (χ0n) is 23.2. The molecule has 0 saturated carbocycles. The molecule has 0 bridgehead atoms. The molecule has 1 unspecified atom stereocenters. The van der Waals surface area contributed by atoms with Crippen molar-refractivity contribution in [1.29, 1.82) is 0 Å². The van der Waals surface area contributed by atoms with Gasteiger partial charge in [0.15, 0.2) is 5.78 Å². The normalized spacial score (nSPS) is 17.5. The number of amides is 1. The quantitative estimate of drug-likeness (QED) is 0.214.